The lowest BCUT2D eigenvalue weighted by Gasteiger charge is -2.28. The minimum Gasteiger partial charge on any atom is -0.452 e. The van der Waals surface area contributed by atoms with Gasteiger partial charge in [-0.05, 0) is 42.5 Å². The molecule has 4 amide bonds. The molecule has 0 spiro atoms. The molecule has 0 aliphatic carbocycles. The van der Waals surface area contributed by atoms with Crippen molar-refractivity contribution >= 4 is 46.7 Å². The van der Waals surface area contributed by atoms with E-state index in [0.717, 1.165) is 4.90 Å². The van der Waals surface area contributed by atoms with E-state index in [1.54, 1.807) is 48.5 Å². The molecule has 3 aromatic carbocycles. The number of nitrogens with one attached hydrogen (secondary N) is 1. The summed E-state index contributed by atoms with van der Waals surface area (Å²) in [6, 6.07) is 19.2. The lowest BCUT2D eigenvalue weighted by atomic mass is 10.1. The summed E-state index contributed by atoms with van der Waals surface area (Å²) in [5.41, 5.74) is 1.86. The number of benzene rings is 3. The first-order chi connectivity index (χ1) is 16.4. The maximum atomic E-state index is 12.7. The highest BCUT2D eigenvalue weighted by Crippen LogP contribution is 2.30. The predicted molar refractivity (Wildman–Crippen MR) is 122 cm³/mol. The third-order valence-electron chi connectivity index (χ3n) is 5.53. The van der Waals surface area contributed by atoms with Gasteiger partial charge in [0.1, 0.15) is 6.54 Å². The molecular formula is C25H17N3O6. The Morgan fingerprint density at radius 3 is 2.26 bits per heavy atom. The monoisotopic (exact) mass is 455 g/mol. The molecule has 0 bridgehead atoms. The molecule has 2 heterocycles. The van der Waals surface area contributed by atoms with Crippen LogP contribution in [0, 0.1) is 0 Å². The first kappa shape index (κ1) is 21.1. The van der Waals surface area contributed by atoms with Crippen molar-refractivity contribution in [2.75, 3.05) is 28.3 Å². The van der Waals surface area contributed by atoms with Crippen LogP contribution in [0.5, 0.6) is 0 Å². The highest BCUT2D eigenvalue weighted by atomic mass is 16.5. The van der Waals surface area contributed by atoms with Gasteiger partial charge in [0.15, 0.2) is 6.61 Å². The van der Waals surface area contributed by atoms with E-state index in [1.165, 1.54) is 29.2 Å². The van der Waals surface area contributed by atoms with Crippen molar-refractivity contribution < 1.29 is 28.7 Å². The Labute approximate surface area is 193 Å². The Balaban J connectivity index is 1.30. The summed E-state index contributed by atoms with van der Waals surface area (Å²) in [4.78, 5) is 64.9. The predicted octanol–water partition coefficient (Wildman–Crippen LogP) is 2.63. The number of ether oxygens (including phenoxy) is 1. The summed E-state index contributed by atoms with van der Waals surface area (Å²) in [7, 11) is 0. The van der Waals surface area contributed by atoms with Gasteiger partial charge in [-0.3, -0.25) is 24.1 Å². The van der Waals surface area contributed by atoms with Crippen LogP contribution in [-0.4, -0.2) is 42.7 Å². The van der Waals surface area contributed by atoms with E-state index in [2.05, 4.69) is 5.32 Å². The number of hydrogen-bond donors (Lipinski definition) is 1. The van der Waals surface area contributed by atoms with E-state index in [0.29, 0.717) is 11.4 Å². The number of rotatable bonds is 4. The van der Waals surface area contributed by atoms with E-state index in [1.807, 2.05) is 0 Å². The molecular weight excluding hydrogens is 438 g/mol. The van der Waals surface area contributed by atoms with Gasteiger partial charge in [-0.1, -0.05) is 30.3 Å². The second-order valence-corrected chi connectivity index (χ2v) is 7.66. The summed E-state index contributed by atoms with van der Waals surface area (Å²) < 4.78 is 5.18. The summed E-state index contributed by atoms with van der Waals surface area (Å²) in [5, 5.41) is 2.68. The zero-order valence-electron chi connectivity index (χ0n) is 17.7. The molecule has 0 saturated carbocycles. The zero-order chi connectivity index (χ0) is 23.8. The molecule has 0 aromatic heterocycles. The Hall–Kier alpha value is -4.79. The van der Waals surface area contributed by atoms with Crippen molar-refractivity contribution in [3.63, 3.8) is 0 Å². The number of amides is 4. The van der Waals surface area contributed by atoms with Crippen LogP contribution in [-0.2, 0) is 14.3 Å². The Morgan fingerprint density at radius 2 is 1.53 bits per heavy atom. The second-order valence-electron chi connectivity index (χ2n) is 7.66. The zero-order valence-corrected chi connectivity index (χ0v) is 17.7. The smallest absolute Gasteiger partial charge is 0.338 e. The van der Waals surface area contributed by atoms with Crippen molar-refractivity contribution in [1.82, 2.24) is 0 Å². The fourth-order valence-electron chi connectivity index (χ4n) is 3.94. The Kier molecular flexibility index (Phi) is 5.14. The average Bonchev–Trinajstić information content (AvgIpc) is 3.11. The highest BCUT2D eigenvalue weighted by molar-refractivity contribution is 6.34. The molecule has 0 saturated heterocycles. The highest BCUT2D eigenvalue weighted by Gasteiger charge is 2.36. The summed E-state index contributed by atoms with van der Waals surface area (Å²) in [6.45, 7) is -0.777. The number of hydrogen-bond acceptors (Lipinski definition) is 6. The summed E-state index contributed by atoms with van der Waals surface area (Å²) in [6.07, 6.45) is 0. The summed E-state index contributed by atoms with van der Waals surface area (Å²) in [5.74, 6) is -2.69. The van der Waals surface area contributed by atoms with E-state index in [4.69, 9.17) is 4.74 Å². The van der Waals surface area contributed by atoms with E-state index >= 15 is 0 Å². The van der Waals surface area contributed by atoms with Gasteiger partial charge in [0.25, 0.3) is 17.7 Å². The van der Waals surface area contributed by atoms with E-state index < -0.39 is 30.3 Å². The van der Waals surface area contributed by atoms with Gasteiger partial charge in [-0.2, -0.15) is 0 Å². The third-order valence-corrected chi connectivity index (χ3v) is 5.53. The van der Waals surface area contributed by atoms with Crippen LogP contribution in [0.25, 0.3) is 0 Å². The molecule has 34 heavy (non-hydrogen) atoms. The first-order valence-electron chi connectivity index (χ1n) is 10.4. The van der Waals surface area contributed by atoms with Crippen molar-refractivity contribution in [2.45, 2.75) is 0 Å². The second kappa shape index (κ2) is 8.28. The van der Waals surface area contributed by atoms with E-state index in [9.17, 15) is 24.0 Å². The van der Waals surface area contributed by atoms with Gasteiger partial charge in [0, 0.05) is 0 Å². The van der Waals surface area contributed by atoms with Crippen molar-refractivity contribution in [1.29, 1.82) is 0 Å². The molecule has 0 fully saturated rings. The number of para-hydroxylation sites is 2. The van der Waals surface area contributed by atoms with Crippen LogP contribution < -0.4 is 15.1 Å². The SMILES string of the molecule is O=C1CN(C(=O)COC(=O)c2cccc(N3C(=O)c4ccccc4C3=O)c2)c2ccccc2N1. The largest absolute Gasteiger partial charge is 0.452 e. The van der Waals surface area contributed by atoms with Gasteiger partial charge >= 0.3 is 5.97 Å². The fraction of sp³-hybridized carbons (Fsp3) is 0.0800. The van der Waals surface area contributed by atoms with Crippen LogP contribution in [0.1, 0.15) is 31.1 Å². The third kappa shape index (κ3) is 3.58. The normalized spacial score (nSPS) is 14.4. The molecule has 9 heteroatoms. The lowest BCUT2D eigenvalue weighted by molar-refractivity contribution is -0.124. The molecule has 2 aliphatic rings. The molecule has 3 aromatic rings. The quantitative estimate of drug-likeness (QED) is 0.478. The minimum absolute atomic E-state index is 0.0682. The molecule has 9 nitrogen and oxygen atoms in total. The minimum atomic E-state index is -0.804. The number of fused-ring (bicyclic) bond motifs is 2. The molecule has 168 valence electrons. The number of nitrogens with zero attached hydrogens (tertiary/aromatic N) is 2. The van der Waals surface area contributed by atoms with Crippen LogP contribution in [0.15, 0.2) is 72.8 Å². The van der Waals surface area contributed by atoms with Crippen LogP contribution in [0.2, 0.25) is 0 Å². The number of imide groups is 1. The molecule has 0 atom stereocenters. The molecule has 1 N–H and O–H groups in total. The molecule has 2 aliphatic heterocycles. The molecule has 0 radical (unpaired) electrons. The Morgan fingerprint density at radius 1 is 0.853 bits per heavy atom. The van der Waals surface area contributed by atoms with E-state index in [-0.39, 0.29) is 34.8 Å². The first-order valence-corrected chi connectivity index (χ1v) is 10.4. The van der Waals surface area contributed by atoms with Gasteiger partial charge in [-0.15, -0.1) is 0 Å². The topological polar surface area (TPSA) is 113 Å². The number of anilines is 3. The molecule has 0 unspecified atom stereocenters. The standard InChI is InChI=1S/C25H17N3O6/c29-21-13-27(20-11-4-3-10-19(20)26-21)22(30)14-34-25(33)15-6-5-7-16(12-15)28-23(31)17-8-1-2-9-18(17)24(28)32/h1-12H,13-14H2,(H,26,29). The van der Waals surface area contributed by atoms with Gasteiger partial charge < -0.3 is 10.1 Å². The van der Waals surface area contributed by atoms with Gasteiger partial charge in [0.05, 0.1) is 33.8 Å². The number of carbonyl (C=O) groups excluding carboxylic acids is 5. The fourth-order valence-corrected chi connectivity index (χ4v) is 3.94. The van der Waals surface area contributed by atoms with Crippen molar-refractivity contribution in [3.8, 4) is 0 Å². The number of esters is 1. The van der Waals surface area contributed by atoms with Crippen molar-refractivity contribution in [3.05, 3.63) is 89.5 Å². The van der Waals surface area contributed by atoms with Crippen LogP contribution in [0.3, 0.4) is 0 Å². The van der Waals surface area contributed by atoms with Crippen LogP contribution in [0.4, 0.5) is 17.1 Å². The Bertz CT molecular complexity index is 1350. The summed E-state index contributed by atoms with van der Waals surface area (Å²) >= 11 is 0. The average molecular weight is 455 g/mol. The maximum absolute atomic E-state index is 12.7. The van der Waals surface area contributed by atoms with Gasteiger partial charge in [-0.25, -0.2) is 9.69 Å². The van der Waals surface area contributed by atoms with Gasteiger partial charge in [0.2, 0.25) is 5.91 Å². The van der Waals surface area contributed by atoms with Crippen LogP contribution >= 0.6 is 0 Å². The van der Waals surface area contributed by atoms with Crippen molar-refractivity contribution in [2.24, 2.45) is 0 Å². The maximum Gasteiger partial charge on any atom is 0.338 e. The number of carbonyl (C=O) groups is 5. The lowest BCUT2D eigenvalue weighted by Crippen LogP contribution is -2.44. The molecule has 5 rings (SSSR count).